The lowest BCUT2D eigenvalue weighted by molar-refractivity contribution is -0.120. The van der Waals surface area contributed by atoms with Gasteiger partial charge in [-0.05, 0) is 32.2 Å². The van der Waals surface area contributed by atoms with E-state index in [9.17, 15) is 9.18 Å². The molecule has 6 heteroatoms. The van der Waals surface area contributed by atoms with Crippen LogP contribution >= 0.6 is 0 Å². The van der Waals surface area contributed by atoms with Crippen LogP contribution in [0.2, 0.25) is 0 Å². The molecule has 0 heterocycles. The molecule has 2 aromatic carbocycles. The largest absolute Gasteiger partial charge is 0.493 e. The molecule has 2 aromatic rings. The van der Waals surface area contributed by atoms with E-state index < -0.39 is 11.9 Å². The Labute approximate surface area is 147 Å². The molecule has 0 aliphatic carbocycles. The Morgan fingerprint density at radius 3 is 2.52 bits per heavy atom. The fourth-order valence-electron chi connectivity index (χ4n) is 2.48. The number of nitrogens with one attached hydrogen (secondary N) is 1. The second-order valence-corrected chi connectivity index (χ2v) is 5.71. The Morgan fingerprint density at radius 2 is 1.88 bits per heavy atom. The number of hydrogen-bond donors (Lipinski definition) is 1. The van der Waals surface area contributed by atoms with Crippen LogP contribution in [0.15, 0.2) is 42.5 Å². The summed E-state index contributed by atoms with van der Waals surface area (Å²) >= 11 is 0. The number of methoxy groups -OCH3 is 2. The summed E-state index contributed by atoms with van der Waals surface area (Å²) < 4.78 is 24.4. The number of hydrogen-bond acceptors (Lipinski definition) is 4. The molecule has 5 nitrogen and oxygen atoms in total. The van der Waals surface area contributed by atoms with Gasteiger partial charge in [0.1, 0.15) is 5.82 Å². The molecule has 134 valence electrons. The van der Waals surface area contributed by atoms with Crippen LogP contribution in [0.25, 0.3) is 0 Å². The van der Waals surface area contributed by atoms with Crippen molar-refractivity contribution in [2.24, 2.45) is 0 Å². The molecule has 1 atom stereocenters. The van der Waals surface area contributed by atoms with Gasteiger partial charge in [-0.15, -0.1) is 0 Å². The summed E-state index contributed by atoms with van der Waals surface area (Å²) in [5.41, 5.74) is 1.07. The summed E-state index contributed by atoms with van der Waals surface area (Å²) in [5, 5.41) is 2.62. The third-order valence-corrected chi connectivity index (χ3v) is 4.08. The number of carbonyl (C=O) groups is 1. The van der Waals surface area contributed by atoms with Gasteiger partial charge in [-0.2, -0.15) is 0 Å². The van der Waals surface area contributed by atoms with Crippen molar-refractivity contribution in [1.29, 1.82) is 0 Å². The monoisotopic (exact) mass is 346 g/mol. The van der Waals surface area contributed by atoms with E-state index in [1.54, 1.807) is 33.3 Å². The van der Waals surface area contributed by atoms with Crippen LogP contribution in [0.4, 0.5) is 10.1 Å². The smallest absolute Gasteiger partial charge is 0.241 e. The molecule has 0 saturated heterocycles. The molecule has 2 rings (SSSR count). The molecule has 0 aromatic heterocycles. The second-order valence-electron chi connectivity index (χ2n) is 5.71. The van der Waals surface area contributed by atoms with Crippen LogP contribution in [0, 0.1) is 5.82 Å². The Balaban J connectivity index is 2.09. The molecule has 1 N–H and O–H groups in total. The van der Waals surface area contributed by atoms with E-state index in [1.807, 2.05) is 30.1 Å². The second kappa shape index (κ2) is 8.48. The van der Waals surface area contributed by atoms with Gasteiger partial charge in [-0.3, -0.25) is 9.69 Å². The first kappa shape index (κ1) is 18.7. The van der Waals surface area contributed by atoms with E-state index in [-0.39, 0.29) is 11.6 Å². The van der Waals surface area contributed by atoms with Gasteiger partial charge in [-0.1, -0.05) is 24.3 Å². The molecule has 25 heavy (non-hydrogen) atoms. The van der Waals surface area contributed by atoms with Gasteiger partial charge in [0.05, 0.1) is 25.9 Å². The number of nitrogens with zero attached hydrogens (tertiary/aromatic N) is 1. The van der Waals surface area contributed by atoms with Crippen LogP contribution < -0.4 is 14.8 Å². The topological polar surface area (TPSA) is 50.8 Å². The minimum absolute atomic E-state index is 0.173. The van der Waals surface area contributed by atoms with Crippen molar-refractivity contribution in [3.05, 3.63) is 53.8 Å². The number of rotatable bonds is 7. The molecule has 0 spiro atoms. The van der Waals surface area contributed by atoms with Crippen LogP contribution in [0.1, 0.15) is 12.5 Å². The molecule has 0 saturated carbocycles. The Kier molecular flexibility index (Phi) is 6.36. The molecule has 0 fully saturated rings. The summed E-state index contributed by atoms with van der Waals surface area (Å²) in [7, 11) is 4.98. The molecular weight excluding hydrogens is 323 g/mol. The number of benzene rings is 2. The lowest BCUT2D eigenvalue weighted by Crippen LogP contribution is -2.39. The Bertz CT molecular complexity index is 736. The predicted molar refractivity (Wildman–Crippen MR) is 95.5 cm³/mol. The highest BCUT2D eigenvalue weighted by Gasteiger charge is 2.21. The lowest BCUT2D eigenvalue weighted by atomic mass is 10.1. The summed E-state index contributed by atoms with van der Waals surface area (Å²) in [6.45, 7) is 2.25. The first-order valence-electron chi connectivity index (χ1n) is 7.93. The van der Waals surface area contributed by atoms with Crippen molar-refractivity contribution < 1.29 is 18.7 Å². The van der Waals surface area contributed by atoms with Crippen LogP contribution in [0.3, 0.4) is 0 Å². The summed E-state index contributed by atoms with van der Waals surface area (Å²) in [4.78, 5) is 14.3. The van der Waals surface area contributed by atoms with Crippen LogP contribution in [-0.4, -0.2) is 38.1 Å². The Hall–Kier alpha value is -2.60. The predicted octanol–water partition coefficient (Wildman–Crippen LogP) is 3.30. The standard InChI is InChI=1S/C19H23FN2O3/c1-13(19(23)21-16-10-6-5-9-15(16)20)22(2)12-14-8-7-11-17(24-3)18(14)25-4/h5-11,13H,12H2,1-4H3,(H,21,23)/t13-/m1/s1. The number of halogens is 1. The Morgan fingerprint density at radius 1 is 1.16 bits per heavy atom. The zero-order valence-electron chi connectivity index (χ0n) is 14.9. The summed E-state index contributed by atoms with van der Waals surface area (Å²) in [6.07, 6.45) is 0. The number of amides is 1. The van der Waals surface area contributed by atoms with Crippen LogP contribution in [-0.2, 0) is 11.3 Å². The number of likely N-dealkylation sites (N-methyl/N-ethyl adjacent to an activating group) is 1. The molecule has 1 amide bonds. The zero-order chi connectivity index (χ0) is 18.4. The van der Waals surface area contributed by atoms with Crippen molar-refractivity contribution in [2.75, 3.05) is 26.6 Å². The number of carbonyl (C=O) groups excluding carboxylic acids is 1. The highest BCUT2D eigenvalue weighted by molar-refractivity contribution is 5.94. The number of anilines is 1. The number of para-hydroxylation sites is 2. The van der Waals surface area contributed by atoms with Gasteiger partial charge in [0.25, 0.3) is 0 Å². The van der Waals surface area contributed by atoms with E-state index in [2.05, 4.69) is 5.32 Å². The highest BCUT2D eigenvalue weighted by Crippen LogP contribution is 2.31. The lowest BCUT2D eigenvalue weighted by Gasteiger charge is -2.25. The van der Waals surface area contributed by atoms with Gasteiger partial charge in [-0.25, -0.2) is 4.39 Å². The number of ether oxygens (including phenoxy) is 2. The van der Waals surface area contributed by atoms with Crippen molar-refractivity contribution in [1.82, 2.24) is 4.90 Å². The average Bonchev–Trinajstić information content (AvgIpc) is 2.62. The van der Waals surface area contributed by atoms with E-state index >= 15 is 0 Å². The molecule has 0 aliphatic rings. The molecule has 0 bridgehead atoms. The summed E-state index contributed by atoms with van der Waals surface area (Å²) in [5.74, 6) is 0.532. The van der Waals surface area contributed by atoms with Crippen molar-refractivity contribution in [3.8, 4) is 11.5 Å². The van der Waals surface area contributed by atoms with Gasteiger partial charge in [0, 0.05) is 12.1 Å². The third kappa shape index (κ3) is 4.48. The fraction of sp³-hybridized carbons (Fsp3) is 0.316. The first-order chi connectivity index (χ1) is 12.0. The first-order valence-corrected chi connectivity index (χ1v) is 7.93. The van der Waals surface area contributed by atoms with Gasteiger partial charge >= 0.3 is 0 Å². The van der Waals surface area contributed by atoms with Crippen molar-refractivity contribution in [3.63, 3.8) is 0 Å². The quantitative estimate of drug-likeness (QED) is 0.836. The zero-order valence-corrected chi connectivity index (χ0v) is 14.9. The normalized spacial score (nSPS) is 11.9. The maximum Gasteiger partial charge on any atom is 0.241 e. The van der Waals surface area contributed by atoms with E-state index in [4.69, 9.17) is 9.47 Å². The van der Waals surface area contributed by atoms with E-state index in [1.165, 1.54) is 12.1 Å². The van der Waals surface area contributed by atoms with Crippen LogP contribution in [0.5, 0.6) is 11.5 Å². The molecule has 0 unspecified atom stereocenters. The third-order valence-electron chi connectivity index (χ3n) is 4.08. The van der Waals surface area contributed by atoms with Gasteiger partial charge < -0.3 is 14.8 Å². The summed E-state index contributed by atoms with van der Waals surface area (Å²) in [6, 6.07) is 11.2. The molecular formula is C19H23FN2O3. The maximum absolute atomic E-state index is 13.7. The molecule has 0 aliphatic heterocycles. The van der Waals surface area contributed by atoms with E-state index in [0.717, 1.165) is 5.56 Å². The molecule has 0 radical (unpaired) electrons. The van der Waals surface area contributed by atoms with Crippen molar-refractivity contribution >= 4 is 11.6 Å². The SMILES string of the molecule is COc1cccc(CN(C)[C@H](C)C(=O)Nc2ccccc2F)c1OC. The van der Waals surface area contributed by atoms with E-state index in [0.29, 0.717) is 18.0 Å². The minimum atomic E-state index is -0.462. The minimum Gasteiger partial charge on any atom is -0.493 e. The average molecular weight is 346 g/mol. The fourth-order valence-corrected chi connectivity index (χ4v) is 2.48. The highest BCUT2D eigenvalue weighted by atomic mass is 19.1. The maximum atomic E-state index is 13.7. The van der Waals surface area contributed by atoms with Gasteiger partial charge in [0.2, 0.25) is 5.91 Å². The van der Waals surface area contributed by atoms with Gasteiger partial charge in [0.15, 0.2) is 11.5 Å². The van der Waals surface area contributed by atoms with Crippen molar-refractivity contribution in [2.45, 2.75) is 19.5 Å².